The van der Waals surface area contributed by atoms with Gasteiger partial charge in [-0.3, -0.25) is 0 Å². The van der Waals surface area contributed by atoms with Crippen LogP contribution in [0.2, 0.25) is 0 Å². The van der Waals surface area contributed by atoms with Gasteiger partial charge in [-0.25, -0.2) is 0 Å². The van der Waals surface area contributed by atoms with E-state index in [4.69, 9.17) is 9.47 Å². The van der Waals surface area contributed by atoms with Gasteiger partial charge in [-0.2, -0.15) is 9.97 Å². The number of anilines is 1. The van der Waals surface area contributed by atoms with Gasteiger partial charge in [0.1, 0.15) is 0 Å². The average Bonchev–Trinajstić information content (AvgIpc) is 2.37. The first-order valence-corrected chi connectivity index (χ1v) is 6.55. The van der Waals surface area contributed by atoms with Crippen LogP contribution in [0.3, 0.4) is 0 Å². The second-order valence-electron chi connectivity index (χ2n) is 5.17. The molecule has 0 fully saturated rings. The van der Waals surface area contributed by atoms with Crippen LogP contribution in [-0.4, -0.2) is 35.7 Å². The second-order valence-corrected chi connectivity index (χ2v) is 5.17. The minimum atomic E-state index is 0.250. The summed E-state index contributed by atoms with van der Waals surface area (Å²) in [5.41, 5.74) is 0. The van der Waals surface area contributed by atoms with Gasteiger partial charge in [-0.05, 0) is 17.8 Å². The van der Waals surface area contributed by atoms with Gasteiger partial charge in [0, 0.05) is 6.54 Å². The average molecular weight is 268 g/mol. The summed E-state index contributed by atoms with van der Waals surface area (Å²) in [6.07, 6.45) is 0. The maximum atomic E-state index is 5.02. The molecule has 0 aliphatic heterocycles. The largest absolute Gasteiger partial charge is 0.467 e. The Morgan fingerprint density at radius 1 is 0.895 bits per heavy atom. The van der Waals surface area contributed by atoms with E-state index in [9.17, 15) is 0 Å². The van der Waals surface area contributed by atoms with Crippen LogP contribution < -0.4 is 14.8 Å². The number of hydrogen-bond donors (Lipinski definition) is 1. The van der Waals surface area contributed by atoms with Crippen molar-refractivity contribution in [2.45, 2.75) is 27.7 Å². The molecule has 1 aromatic rings. The van der Waals surface area contributed by atoms with Crippen molar-refractivity contribution < 1.29 is 9.47 Å². The molecule has 1 rings (SSSR count). The molecule has 0 amide bonds. The quantitative estimate of drug-likeness (QED) is 0.817. The third-order valence-corrected chi connectivity index (χ3v) is 3.17. The lowest BCUT2D eigenvalue weighted by Gasteiger charge is -2.25. The fraction of sp³-hybridized carbons (Fsp3) is 0.769. The van der Waals surface area contributed by atoms with E-state index < -0.39 is 0 Å². The minimum absolute atomic E-state index is 0.250. The Labute approximate surface area is 115 Å². The Bertz CT molecular complexity index is 366. The summed E-state index contributed by atoms with van der Waals surface area (Å²) in [4.78, 5) is 12.3. The third kappa shape index (κ3) is 4.54. The molecule has 0 saturated heterocycles. The monoisotopic (exact) mass is 268 g/mol. The van der Waals surface area contributed by atoms with Crippen LogP contribution in [-0.2, 0) is 0 Å². The van der Waals surface area contributed by atoms with Gasteiger partial charge in [-0.1, -0.05) is 27.7 Å². The van der Waals surface area contributed by atoms with Crippen LogP contribution in [0.5, 0.6) is 12.0 Å². The molecule has 0 radical (unpaired) electrons. The lowest BCUT2D eigenvalue weighted by Crippen LogP contribution is -2.25. The number of nitrogens with one attached hydrogen (secondary N) is 1. The molecular weight excluding hydrogens is 244 g/mol. The van der Waals surface area contributed by atoms with Crippen LogP contribution in [0.4, 0.5) is 5.95 Å². The van der Waals surface area contributed by atoms with Crippen LogP contribution in [0, 0.1) is 17.8 Å². The molecule has 19 heavy (non-hydrogen) atoms. The molecule has 0 bridgehead atoms. The first-order chi connectivity index (χ1) is 8.97. The molecule has 0 aliphatic carbocycles. The van der Waals surface area contributed by atoms with Crippen LogP contribution in [0.15, 0.2) is 0 Å². The third-order valence-electron chi connectivity index (χ3n) is 3.17. The molecule has 0 atom stereocenters. The van der Waals surface area contributed by atoms with E-state index in [0.29, 0.717) is 23.7 Å². The highest BCUT2D eigenvalue weighted by atomic mass is 16.5. The molecule has 0 aliphatic rings. The van der Waals surface area contributed by atoms with Gasteiger partial charge in [0.2, 0.25) is 5.95 Å². The normalized spacial score (nSPS) is 11.2. The highest BCUT2D eigenvalue weighted by Crippen LogP contribution is 2.21. The van der Waals surface area contributed by atoms with Gasteiger partial charge in [0.25, 0.3) is 0 Å². The number of rotatable bonds is 7. The van der Waals surface area contributed by atoms with Crippen molar-refractivity contribution in [3.8, 4) is 12.0 Å². The predicted molar refractivity (Wildman–Crippen MR) is 74.6 cm³/mol. The first kappa shape index (κ1) is 15.5. The topological polar surface area (TPSA) is 69.2 Å². The summed E-state index contributed by atoms with van der Waals surface area (Å²) in [5.74, 6) is 2.22. The maximum absolute atomic E-state index is 5.02. The van der Waals surface area contributed by atoms with Crippen LogP contribution in [0.1, 0.15) is 27.7 Å². The van der Waals surface area contributed by atoms with E-state index in [1.54, 1.807) is 0 Å². The molecule has 108 valence electrons. The Balaban J connectivity index is 2.76. The molecule has 1 aromatic heterocycles. The van der Waals surface area contributed by atoms with Crippen molar-refractivity contribution in [2.75, 3.05) is 26.1 Å². The highest BCUT2D eigenvalue weighted by molar-refractivity contribution is 5.27. The summed E-state index contributed by atoms with van der Waals surface area (Å²) < 4.78 is 10.0. The van der Waals surface area contributed by atoms with E-state index in [2.05, 4.69) is 48.0 Å². The number of hydrogen-bond acceptors (Lipinski definition) is 6. The van der Waals surface area contributed by atoms with E-state index in [1.807, 2.05) is 0 Å². The first-order valence-electron chi connectivity index (χ1n) is 6.55. The summed E-state index contributed by atoms with van der Waals surface area (Å²) in [6.45, 7) is 9.70. The van der Waals surface area contributed by atoms with Gasteiger partial charge in [0.15, 0.2) is 0 Å². The number of aromatic nitrogens is 3. The molecular formula is C13H24N4O2. The Kier molecular flexibility index (Phi) is 5.79. The maximum Gasteiger partial charge on any atom is 0.324 e. The predicted octanol–water partition coefficient (Wildman–Crippen LogP) is 2.23. The zero-order valence-corrected chi connectivity index (χ0v) is 12.6. The zero-order valence-electron chi connectivity index (χ0n) is 12.6. The van der Waals surface area contributed by atoms with Crippen LogP contribution >= 0.6 is 0 Å². The Morgan fingerprint density at radius 3 is 1.74 bits per heavy atom. The molecule has 1 heterocycles. The summed E-state index contributed by atoms with van der Waals surface area (Å²) in [6, 6.07) is 0.500. The molecule has 6 nitrogen and oxygen atoms in total. The fourth-order valence-corrected chi connectivity index (χ4v) is 2.05. The van der Waals surface area contributed by atoms with Crippen molar-refractivity contribution in [1.82, 2.24) is 15.0 Å². The number of methoxy groups -OCH3 is 2. The zero-order chi connectivity index (χ0) is 14.4. The highest BCUT2D eigenvalue weighted by Gasteiger charge is 2.18. The van der Waals surface area contributed by atoms with Crippen molar-refractivity contribution in [2.24, 2.45) is 17.8 Å². The van der Waals surface area contributed by atoms with Crippen molar-refractivity contribution >= 4 is 5.95 Å². The molecule has 6 heteroatoms. The van der Waals surface area contributed by atoms with E-state index in [-0.39, 0.29) is 12.0 Å². The lowest BCUT2D eigenvalue weighted by atomic mass is 9.85. The molecule has 0 saturated carbocycles. The van der Waals surface area contributed by atoms with Crippen molar-refractivity contribution in [1.29, 1.82) is 0 Å². The summed E-state index contributed by atoms with van der Waals surface area (Å²) in [7, 11) is 3.03. The van der Waals surface area contributed by atoms with E-state index in [0.717, 1.165) is 6.54 Å². The molecule has 1 N–H and O–H groups in total. The Hall–Kier alpha value is -1.59. The second kappa shape index (κ2) is 7.11. The summed E-state index contributed by atoms with van der Waals surface area (Å²) in [5, 5.41) is 3.23. The summed E-state index contributed by atoms with van der Waals surface area (Å²) >= 11 is 0. The van der Waals surface area contributed by atoms with Gasteiger partial charge in [-0.15, -0.1) is 4.98 Å². The molecule has 0 aromatic carbocycles. The van der Waals surface area contributed by atoms with E-state index >= 15 is 0 Å². The number of nitrogens with zero attached hydrogens (tertiary/aromatic N) is 3. The minimum Gasteiger partial charge on any atom is -0.467 e. The lowest BCUT2D eigenvalue weighted by molar-refractivity contribution is 0.303. The Morgan fingerprint density at radius 2 is 1.37 bits per heavy atom. The molecule has 0 unspecified atom stereocenters. The standard InChI is InChI=1S/C13H24N4O2/c1-8(2)10(9(3)4)7-14-11-15-12(18-5)17-13(16-11)19-6/h8-10H,7H2,1-6H3,(H,14,15,16,17). The van der Waals surface area contributed by atoms with Crippen molar-refractivity contribution in [3.05, 3.63) is 0 Å². The van der Waals surface area contributed by atoms with Gasteiger partial charge in [0.05, 0.1) is 14.2 Å². The van der Waals surface area contributed by atoms with E-state index in [1.165, 1.54) is 14.2 Å². The fourth-order valence-electron chi connectivity index (χ4n) is 2.05. The smallest absolute Gasteiger partial charge is 0.324 e. The van der Waals surface area contributed by atoms with Gasteiger partial charge >= 0.3 is 12.0 Å². The number of ether oxygens (including phenoxy) is 2. The molecule has 0 spiro atoms. The SMILES string of the molecule is COc1nc(NCC(C(C)C)C(C)C)nc(OC)n1. The van der Waals surface area contributed by atoms with Crippen molar-refractivity contribution in [3.63, 3.8) is 0 Å². The van der Waals surface area contributed by atoms with Crippen LogP contribution in [0.25, 0.3) is 0 Å². The van der Waals surface area contributed by atoms with Gasteiger partial charge < -0.3 is 14.8 Å².